The average Bonchev–Trinajstić information content (AvgIpc) is 2.32. The Kier molecular flexibility index (Phi) is 5.64. The first-order valence-electron chi connectivity index (χ1n) is 5.65. The van der Waals surface area contributed by atoms with Gasteiger partial charge < -0.3 is 10.2 Å². The van der Waals surface area contributed by atoms with Gasteiger partial charge in [-0.15, -0.1) is 0 Å². The highest BCUT2D eigenvalue weighted by Crippen LogP contribution is 2.13. The molecule has 0 fully saturated rings. The van der Waals surface area contributed by atoms with Crippen molar-refractivity contribution >= 4 is 0 Å². The van der Waals surface area contributed by atoms with Crippen LogP contribution in [0.1, 0.15) is 16.7 Å². The molecule has 0 amide bonds. The van der Waals surface area contributed by atoms with Gasteiger partial charge in [-0.2, -0.15) is 5.26 Å². The minimum absolute atomic E-state index is 0.0787. The largest absolute Gasteiger partial charge is 0.395 e. The second-order valence-electron chi connectivity index (χ2n) is 3.98. The highest BCUT2D eigenvalue weighted by Gasteiger charge is 2.07. The van der Waals surface area contributed by atoms with Crippen LogP contribution in [0.5, 0.6) is 0 Å². The number of nitriles is 1. The van der Waals surface area contributed by atoms with Gasteiger partial charge in [0.05, 0.1) is 24.8 Å². The van der Waals surface area contributed by atoms with Crippen LogP contribution < -0.4 is 0 Å². The van der Waals surface area contributed by atoms with Crippen molar-refractivity contribution in [1.82, 2.24) is 4.90 Å². The van der Waals surface area contributed by atoms with E-state index in [4.69, 9.17) is 15.5 Å². The van der Waals surface area contributed by atoms with Crippen molar-refractivity contribution in [3.8, 4) is 6.07 Å². The number of aliphatic hydroxyl groups excluding tert-OH is 2. The molecule has 0 aliphatic heterocycles. The van der Waals surface area contributed by atoms with Crippen molar-refractivity contribution in [2.45, 2.75) is 13.5 Å². The van der Waals surface area contributed by atoms with E-state index in [0.29, 0.717) is 25.2 Å². The molecular weight excluding hydrogens is 216 g/mol. The number of rotatable bonds is 6. The van der Waals surface area contributed by atoms with Gasteiger partial charge in [0.2, 0.25) is 0 Å². The smallest absolute Gasteiger partial charge is 0.0991 e. The highest BCUT2D eigenvalue weighted by atomic mass is 16.3. The quantitative estimate of drug-likeness (QED) is 0.758. The summed E-state index contributed by atoms with van der Waals surface area (Å²) in [6, 6.07) is 7.67. The molecule has 4 heteroatoms. The van der Waals surface area contributed by atoms with Gasteiger partial charge in [0.25, 0.3) is 0 Å². The Hall–Kier alpha value is -1.41. The maximum atomic E-state index is 8.93. The minimum Gasteiger partial charge on any atom is -0.395 e. The summed E-state index contributed by atoms with van der Waals surface area (Å²) in [6.45, 7) is 3.88. The number of aliphatic hydroxyl groups is 2. The first-order chi connectivity index (χ1) is 8.21. The van der Waals surface area contributed by atoms with E-state index in [-0.39, 0.29) is 13.2 Å². The van der Waals surface area contributed by atoms with Gasteiger partial charge in [0.15, 0.2) is 0 Å². The topological polar surface area (TPSA) is 67.5 Å². The predicted molar refractivity (Wildman–Crippen MR) is 65.3 cm³/mol. The highest BCUT2D eigenvalue weighted by molar-refractivity contribution is 5.37. The third kappa shape index (κ3) is 4.16. The second-order valence-corrected chi connectivity index (χ2v) is 3.98. The third-order valence-corrected chi connectivity index (χ3v) is 2.70. The van der Waals surface area contributed by atoms with Gasteiger partial charge in [-0.3, -0.25) is 4.90 Å². The second kappa shape index (κ2) is 7.02. The number of nitrogens with zero attached hydrogens (tertiary/aromatic N) is 2. The molecule has 4 nitrogen and oxygen atoms in total. The van der Waals surface area contributed by atoms with Crippen LogP contribution in [0.3, 0.4) is 0 Å². The molecule has 1 aromatic rings. The Morgan fingerprint density at radius 1 is 1.24 bits per heavy atom. The molecule has 92 valence electrons. The lowest BCUT2D eigenvalue weighted by Gasteiger charge is -2.21. The van der Waals surface area contributed by atoms with Gasteiger partial charge in [0, 0.05) is 19.6 Å². The molecule has 1 aromatic carbocycles. The lowest BCUT2D eigenvalue weighted by atomic mass is 10.1. The molecule has 1 rings (SSSR count). The number of hydrogen-bond acceptors (Lipinski definition) is 4. The summed E-state index contributed by atoms with van der Waals surface area (Å²) in [4.78, 5) is 1.98. The Labute approximate surface area is 102 Å². The molecule has 0 aliphatic carbocycles. The van der Waals surface area contributed by atoms with E-state index in [1.807, 2.05) is 24.0 Å². The van der Waals surface area contributed by atoms with Crippen LogP contribution in [-0.2, 0) is 6.54 Å². The lowest BCUT2D eigenvalue weighted by molar-refractivity contribution is 0.155. The summed E-state index contributed by atoms with van der Waals surface area (Å²) in [5.74, 6) is 0. The van der Waals surface area contributed by atoms with Crippen LogP contribution in [0.4, 0.5) is 0 Å². The standard InChI is InChI=1S/C13H18N2O2/c1-11-8-12(9-14)2-3-13(11)10-15(4-6-16)5-7-17/h2-3,8,16-17H,4-7,10H2,1H3. The van der Waals surface area contributed by atoms with E-state index >= 15 is 0 Å². The van der Waals surface area contributed by atoms with Gasteiger partial charge in [0.1, 0.15) is 0 Å². The number of hydrogen-bond donors (Lipinski definition) is 2. The first kappa shape index (κ1) is 13.7. The molecule has 0 heterocycles. The van der Waals surface area contributed by atoms with Gasteiger partial charge in [-0.1, -0.05) is 6.07 Å². The van der Waals surface area contributed by atoms with Crippen LogP contribution >= 0.6 is 0 Å². The molecule has 0 aliphatic rings. The van der Waals surface area contributed by atoms with Gasteiger partial charge in [-0.05, 0) is 30.2 Å². The van der Waals surface area contributed by atoms with Crippen LogP contribution in [0, 0.1) is 18.3 Å². The zero-order valence-electron chi connectivity index (χ0n) is 10.1. The van der Waals surface area contributed by atoms with E-state index in [1.54, 1.807) is 6.07 Å². The average molecular weight is 234 g/mol. The molecule has 0 radical (unpaired) electrons. The first-order valence-corrected chi connectivity index (χ1v) is 5.65. The summed E-state index contributed by atoms with van der Waals surface area (Å²) in [7, 11) is 0. The van der Waals surface area contributed by atoms with Gasteiger partial charge in [-0.25, -0.2) is 0 Å². The van der Waals surface area contributed by atoms with Crippen molar-refractivity contribution < 1.29 is 10.2 Å². The van der Waals surface area contributed by atoms with Crippen LogP contribution in [0.2, 0.25) is 0 Å². The number of benzene rings is 1. The Balaban J connectivity index is 2.75. The summed E-state index contributed by atoms with van der Waals surface area (Å²) in [6.07, 6.45) is 0. The van der Waals surface area contributed by atoms with E-state index in [0.717, 1.165) is 11.1 Å². The maximum absolute atomic E-state index is 8.93. The minimum atomic E-state index is 0.0787. The predicted octanol–water partition coefficient (Wildman–Crippen LogP) is 0.653. The fraction of sp³-hybridized carbons (Fsp3) is 0.462. The molecule has 17 heavy (non-hydrogen) atoms. The Bertz CT molecular complexity index is 393. The van der Waals surface area contributed by atoms with Crippen LogP contribution in [-0.4, -0.2) is 41.4 Å². The van der Waals surface area contributed by atoms with Crippen molar-refractivity contribution in [3.63, 3.8) is 0 Å². The molecule has 0 bridgehead atoms. The molecule has 0 saturated heterocycles. The fourth-order valence-corrected chi connectivity index (χ4v) is 1.74. The normalized spacial score (nSPS) is 10.5. The number of aryl methyl sites for hydroxylation is 1. The third-order valence-electron chi connectivity index (χ3n) is 2.70. The molecule has 0 spiro atoms. The van der Waals surface area contributed by atoms with Crippen molar-refractivity contribution in [2.75, 3.05) is 26.3 Å². The van der Waals surface area contributed by atoms with Gasteiger partial charge >= 0.3 is 0 Å². The van der Waals surface area contributed by atoms with Crippen LogP contribution in [0.15, 0.2) is 18.2 Å². The summed E-state index contributed by atoms with van der Waals surface area (Å²) in [5.41, 5.74) is 2.83. The van der Waals surface area contributed by atoms with E-state index in [1.165, 1.54) is 0 Å². The van der Waals surface area contributed by atoms with E-state index < -0.39 is 0 Å². The molecule has 0 unspecified atom stereocenters. The zero-order chi connectivity index (χ0) is 12.7. The summed E-state index contributed by atoms with van der Waals surface area (Å²) >= 11 is 0. The van der Waals surface area contributed by atoms with E-state index in [2.05, 4.69) is 6.07 Å². The SMILES string of the molecule is Cc1cc(C#N)ccc1CN(CCO)CCO. The van der Waals surface area contributed by atoms with Crippen molar-refractivity contribution in [1.29, 1.82) is 5.26 Å². The monoisotopic (exact) mass is 234 g/mol. The van der Waals surface area contributed by atoms with Crippen molar-refractivity contribution in [3.05, 3.63) is 34.9 Å². The molecule has 2 N–H and O–H groups in total. The maximum Gasteiger partial charge on any atom is 0.0991 e. The lowest BCUT2D eigenvalue weighted by Crippen LogP contribution is -2.29. The van der Waals surface area contributed by atoms with Crippen LogP contribution in [0.25, 0.3) is 0 Å². The molecule has 0 atom stereocenters. The molecular formula is C13H18N2O2. The van der Waals surface area contributed by atoms with Crippen molar-refractivity contribution in [2.24, 2.45) is 0 Å². The molecule has 0 saturated carbocycles. The fourth-order valence-electron chi connectivity index (χ4n) is 1.74. The Morgan fingerprint density at radius 3 is 2.35 bits per heavy atom. The van der Waals surface area contributed by atoms with E-state index in [9.17, 15) is 0 Å². The zero-order valence-corrected chi connectivity index (χ0v) is 10.1. The Morgan fingerprint density at radius 2 is 1.88 bits per heavy atom. The molecule has 0 aromatic heterocycles. The summed E-state index contributed by atoms with van der Waals surface area (Å²) < 4.78 is 0. The summed E-state index contributed by atoms with van der Waals surface area (Å²) in [5, 5.41) is 26.6.